The highest BCUT2D eigenvalue weighted by Gasteiger charge is 2.20. The fourth-order valence-electron chi connectivity index (χ4n) is 4.47. The Labute approximate surface area is 176 Å². The summed E-state index contributed by atoms with van der Waals surface area (Å²) in [6, 6.07) is 18.2. The minimum absolute atomic E-state index is 0.0250. The second-order valence-electron chi connectivity index (χ2n) is 8.29. The Morgan fingerprint density at radius 3 is 2.73 bits per heavy atom. The first kappa shape index (κ1) is 19.1. The van der Waals surface area contributed by atoms with Gasteiger partial charge in [0.25, 0.3) is 5.91 Å². The predicted octanol–water partition coefficient (Wildman–Crippen LogP) is 4.31. The zero-order valence-electron chi connectivity index (χ0n) is 17.1. The van der Waals surface area contributed by atoms with Gasteiger partial charge in [0.15, 0.2) is 0 Å². The Bertz CT molecular complexity index is 1050. The first-order chi connectivity index (χ1) is 14.8. The molecule has 2 aromatic carbocycles. The van der Waals surface area contributed by atoms with E-state index in [4.69, 9.17) is 9.72 Å². The number of nitrogens with one attached hydrogen (secondary N) is 2. The van der Waals surface area contributed by atoms with Crippen molar-refractivity contribution in [2.45, 2.75) is 44.2 Å². The van der Waals surface area contributed by atoms with Gasteiger partial charge in [0.05, 0.1) is 16.8 Å². The fourth-order valence-corrected chi connectivity index (χ4v) is 4.47. The van der Waals surface area contributed by atoms with Crippen LogP contribution in [0.25, 0.3) is 22.2 Å². The lowest BCUT2D eigenvalue weighted by Crippen LogP contribution is -2.32. The number of nitrogens with zero attached hydrogens (tertiary/aromatic N) is 1. The number of fused-ring (bicyclic) bond motifs is 1. The molecular weight excluding hydrogens is 374 g/mol. The second kappa shape index (κ2) is 8.44. The zero-order chi connectivity index (χ0) is 20.3. The van der Waals surface area contributed by atoms with Crippen molar-refractivity contribution in [2.75, 3.05) is 13.1 Å². The molecule has 0 radical (unpaired) electrons. The normalized spacial score (nSPS) is 19.3. The molecule has 5 rings (SSSR count). The largest absolute Gasteiger partial charge is 0.489 e. The molecule has 2 N–H and O–H groups in total. The molecule has 2 fully saturated rings. The van der Waals surface area contributed by atoms with Crippen molar-refractivity contribution >= 4 is 16.8 Å². The van der Waals surface area contributed by atoms with Crippen molar-refractivity contribution in [3.05, 3.63) is 60.2 Å². The summed E-state index contributed by atoms with van der Waals surface area (Å²) >= 11 is 0. The van der Waals surface area contributed by atoms with Gasteiger partial charge in [0, 0.05) is 23.5 Å². The van der Waals surface area contributed by atoms with E-state index in [1.807, 2.05) is 54.6 Å². The number of rotatable bonds is 5. The number of hydrogen-bond acceptors (Lipinski definition) is 4. The van der Waals surface area contributed by atoms with Crippen molar-refractivity contribution < 1.29 is 9.53 Å². The summed E-state index contributed by atoms with van der Waals surface area (Å²) in [5.74, 6) is 0.832. The molecular formula is C25H27N3O2. The molecule has 1 saturated heterocycles. The average molecular weight is 402 g/mol. The van der Waals surface area contributed by atoms with Crippen LogP contribution in [-0.2, 0) is 0 Å². The lowest BCUT2D eigenvalue weighted by Gasteiger charge is -2.14. The third kappa shape index (κ3) is 4.03. The average Bonchev–Trinajstić information content (AvgIpc) is 3.47. The first-order valence-electron chi connectivity index (χ1n) is 10.9. The summed E-state index contributed by atoms with van der Waals surface area (Å²) < 4.78 is 6.11. The Balaban J connectivity index is 1.44. The van der Waals surface area contributed by atoms with Gasteiger partial charge >= 0.3 is 0 Å². The van der Waals surface area contributed by atoms with Crippen LogP contribution < -0.4 is 15.4 Å². The number of para-hydroxylation sites is 1. The van der Waals surface area contributed by atoms with Crippen LogP contribution in [0.5, 0.6) is 5.75 Å². The molecule has 1 atom stereocenters. The maximum atomic E-state index is 12.9. The van der Waals surface area contributed by atoms with Gasteiger partial charge in [-0.25, -0.2) is 4.98 Å². The van der Waals surface area contributed by atoms with Crippen molar-refractivity contribution in [1.29, 1.82) is 0 Å². The second-order valence-corrected chi connectivity index (χ2v) is 8.29. The Hall–Kier alpha value is -2.92. The molecule has 1 saturated carbocycles. The Morgan fingerprint density at radius 1 is 1.03 bits per heavy atom. The summed E-state index contributed by atoms with van der Waals surface area (Å²) in [4.78, 5) is 17.8. The molecule has 30 heavy (non-hydrogen) atoms. The third-order valence-corrected chi connectivity index (χ3v) is 6.10. The molecule has 3 aromatic rings. The van der Waals surface area contributed by atoms with Crippen LogP contribution in [0.1, 0.15) is 42.5 Å². The lowest BCUT2D eigenvalue weighted by atomic mass is 10.1. The number of amides is 1. The molecule has 1 unspecified atom stereocenters. The molecule has 5 heteroatoms. The summed E-state index contributed by atoms with van der Waals surface area (Å²) in [5.41, 5.74) is 3.23. The van der Waals surface area contributed by atoms with E-state index in [9.17, 15) is 4.79 Å². The van der Waals surface area contributed by atoms with Crippen LogP contribution in [0, 0.1) is 0 Å². The molecule has 5 nitrogen and oxygen atoms in total. The zero-order valence-corrected chi connectivity index (χ0v) is 17.1. The molecule has 0 bridgehead atoms. The van der Waals surface area contributed by atoms with Crippen LogP contribution in [0.4, 0.5) is 0 Å². The van der Waals surface area contributed by atoms with Crippen molar-refractivity contribution in [3.8, 4) is 17.0 Å². The molecule has 1 aromatic heterocycles. The highest BCUT2D eigenvalue weighted by molar-refractivity contribution is 6.06. The molecule has 1 aliphatic heterocycles. The van der Waals surface area contributed by atoms with Crippen molar-refractivity contribution in [3.63, 3.8) is 0 Å². The van der Waals surface area contributed by atoms with Crippen molar-refractivity contribution in [1.82, 2.24) is 15.6 Å². The van der Waals surface area contributed by atoms with Crippen molar-refractivity contribution in [2.24, 2.45) is 0 Å². The minimum atomic E-state index is -0.0250. The van der Waals surface area contributed by atoms with Gasteiger partial charge in [0.1, 0.15) is 11.9 Å². The predicted molar refractivity (Wildman–Crippen MR) is 119 cm³/mol. The van der Waals surface area contributed by atoms with E-state index in [0.29, 0.717) is 5.56 Å². The Morgan fingerprint density at radius 2 is 1.90 bits per heavy atom. The van der Waals surface area contributed by atoms with E-state index < -0.39 is 0 Å². The highest BCUT2D eigenvalue weighted by Crippen LogP contribution is 2.27. The summed E-state index contributed by atoms with van der Waals surface area (Å²) in [7, 11) is 0. The van der Waals surface area contributed by atoms with Gasteiger partial charge in [-0.15, -0.1) is 0 Å². The van der Waals surface area contributed by atoms with Crippen LogP contribution in [0.15, 0.2) is 54.6 Å². The van der Waals surface area contributed by atoms with E-state index in [1.165, 1.54) is 12.8 Å². The van der Waals surface area contributed by atoms with Gasteiger partial charge in [-0.05, 0) is 50.1 Å². The summed E-state index contributed by atoms with van der Waals surface area (Å²) in [6.07, 6.45) is 5.77. The molecule has 0 spiro atoms. The standard InChI is InChI=1S/C25H27N3O2/c29-25(27-19-7-1-2-8-19)22-10-4-5-17-11-12-23(28-24(17)22)18-6-3-9-20(15-18)30-21-13-14-26-16-21/h3-6,9-12,15,19,21,26H,1-2,7-8,13-14,16H2,(H,27,29). The van der Waals surface area contributed by atoms with E-state index in [1.54, 1.807) is 0 Å². The maximum Gasteiger partial charge on any atom is 0.253 e. The van der Waals surface area contributed by atoms with Crippen LogP contribution >= 0.6 is 0 Å². The molecule has 154 valence electrons. The third-order valence-electron chi connectivity index (χ3n) is 6.10. The maximum absolute atomic E-state index is 12.9. The quantitative estimate of drug-likeness (QED) is 0.669. The topological polar surface area (TPSA) is 63.2 Å². The van der Waals surface area contributed by atoms with Gasteiger partial charge < -0.3 is 15.4 Å². The van der Waals surface area contributed by atoms with E-state index in [-0.39, 0.29) is 18.1 Å². The number of pyridine rings is 1. The molecule has 1 amide bonds. The van der Waals surface area contributed by atoms with Gasteiger partial charge in [-0.3, -0.25) is 4.79 Å². The number of hydrogen-bond donors (Lipinski definition) is 2. The fraction of sp³-hybridized carbons (Fsp3) is 0.360. The van der Waals surface area contributed by atoms with Crippen LogP contribution in [0.2, 0.25) is 0 Å². The van der Waals surface area contributed by atoms with Gasteiger partial charge in [-0.1, -0.05) is 43.2 Å². The monoisotopic (exact) mass is 401 g/mol. The summed E-state index contributed by atoms with van der Waals surface area (Å²) in [6.45, 7) is 1.89. The van der Waals surface area contributed by atoms with Crippen LogP contribution in [0.3, 0.4) is 0 Å². The number of carbonyl (C=O) groups is 1. The molecule has 2 heterocycles. The molecule has 1 aliphatic carbocycles. The lowest BCUT2D eigenvalue weighted by molar-refractivity contribution is 0.0939. The number of carbonyl (C=O) groups excluding carboxylic acids is 1. The Kier molecular flexibility index (Phi) is 5.37. The number of aromatic nitrogens is 1. The summed E-state index contributed by atoms with van der Waals surface area (Å²) in [5, 5.41) is 7.49. The van der Waals surface area contributed by atoms with E-state index in [2.05, 4.69) is 10.6 Å². The number of benzene rings is 2. The van der Waals surface area contributed by atoms with Crippen LogP contribution in [-0.4, -0.2) is 36.1 Å². The SMILES string of the molecule is O=C(NC1CCCC1)c1cccc2ccc(-c3cccc(OC4CCNC4)c3)nc12. The minimum Gasteiger partial charge on any atom is -0.489 e. The number of ether oxygens (including phenoxy) is 1. The smallest absolute Gasteiger partial charge is 0.253 e. The highest BCUT2D eigenvalue weighted by atomic mass is 16.5. The van der Waals surface area contributed by atoms with Gasteiger partial charge in [-0.2, -0.15) is 0 Å². The van der Waals surface area contributed by atoms with Gasteiger partial charge in [0.2, 0.25) is 0 Å². The first-order valence-corrected chi connectivity index (χ1v) is 10.9. The molecule has 2 aliphatic rings. The van der Waals surface area contributed by atoms with E-state index in [0.717, 1.165) is 60.3 Å². The van der Waals surface area contributed by atoms with E-state index >= 15 is 0 Å².